The molecule has 0 spiro atoms. The first-order chi connectivity index (χ1) is 13.6. The van der Waals surface area contributed by atoms with E-state index < -0.39 is 5.82 Å². The highest BCUT2D eigenvalue weighted by Gasteiger charge is 2.25. The zero-order valence-corrected chi connectivity index (χ0v) is 15.7. The third kappa shape index (κ3) is 3.63. The lowest BCUT2D eigenvalue weighted by atomic mass is 10.1. The molecule has 0 aliphatic carbocycles. The van der Waals surface area contributed by atoms with Gasteiger partial charge in [0, 0.05) is 43.0 Å². The molecule has 1 fully saturated rings. The van der Waals surface area contributed by atoms with Gasteiger partial charge in [-0.05, 0) is 24.6 Å². The molecule has 1 saturated heterocycles. The van der Waals surface area contributed by atoms with Gasteiger partial charge in [-0.25, -0.2) is 4.39 Å². The number of hydrogen-bond acceptors (Lipinski definition) is 5. The molecule has 1 aromatic carbocycles. The summed E-state index contributed by atoms with van der Waals surface area (Å²) in [6.07, 6.45) is 3.54. The summed E-state index contributed by atoms with van der Waals surface area (Å²) in [5.41, 5.74) is 1.77. The monoisotopic (exact) mass is 383 g/mol. The van der Waals surface area contributed by atoms with Gasteiger partial charge in [0.25, 0.3) is 5.91 Å². The Morgan fingerprint density at radius 3 is 2.82 bits per heavy atom. The zero-order chi connectivity index (χ0) is 19.5. The van der Waals surface area contributed by atoms with Gasteiger partial charge in [0.1, 0.15) is 0 Å². The number of morpholine rings is 1. The average Bonchev–Trinajstić information content (AvgIpc) is 3.08. The number of amides is 1. The molecule has 0 unspecified atom stereocenters. The van der Waals surface area contributed by atoms with Crippen LogP contribution in [-0.4, -0.2) is 48.6 Å². The van der Waals surface area contributed by atoms with E-state index in [4.69, 9.17) is 9.15 Å². The van der Waals surface area contributed by atoms with E-state index in [2.05, 4.69) is 15.2 Å². The summed E-state index contributed by atoms with van der Waals surface area (Å²) >= 11 is 0. The summed E-state index contributed by atoms with van der Waals surface area (Å²) in [5, 5.41) is 3.56. The van der Waals surface area contributed by atoms with Crippen LogP contribution in [0.2, 0.25) is 0 Å². The minimum Gasteiger partial charge on any atom is -0.448 e. The zero-order valence-electron chi connectivity index (χ0n) is 15.7. The Kier molecular flexibility index (Phi) is 5.36. The first-order valence-corrected chi connectivity index (χ1v) is 9.32. The highest BCUT2D eigenvalue weighted by molar-refractivity contribution is 5.99. The summed E-state index contributed by atoms with van der Waals surface area (Å²) in [6.45, 7) is 5.04. The molecule has 6 nitrogen and oxygen atoms in total. The Labute approximate surface area is 162 Å². The number of nitrogens with zero attached hydrogens (tertiary/aromatic N) is 2. The number of nitrogens with one attached hydrogen (secondary N) is 1. The van der Waals surface area contributed by atoms with Crippen molar-refractivity contribution in [2.24, 2.45) is 0 Å². The van der Waals surface area contributed by atoms with E-state index in [1.54, 1.807) is 25.3 Å². The van der Waals surface area contributed by atoms with Gasteiger partial charge in [-0.3, -0.25) is 14.7 Å². The van der Waals surface area contributed by atoms with Crippen molar-refractivity contribution in [3.8, 4) is 0 Å². The number of carbonyl (C=O) groups is 1. The van der Waals surface area contributed by atoms with Gasteiger partial charge in [0.15, 0.2) is 17.2 Å². The van der Waals surface area contributed by atoms with Crippen LogP contribution < -0.4 is 5.32 Å². The largest absolute Gasteiger partial charge is 0.448 e. The maximum Gasteiger partial charge on any atom is 0.287 e. The summed E-state index contributed by atoms with van der Waals surface area (Å²) < 4.78 is 25.0. The third-order valence-corrected chi connectivity index (χ3v) is 5.13. The van der Waals surface area contributed by atoms with Crippen molar-refractivity contribution < 1.29 is 18.3 Å². The number of furan rings is 1. The third-order valence-electron chi connectivity index (χ3n) is 5.13. The normalized spacial score (nSPS) is 16.2. The van der Waals surface area contributed by atoms with Gasteiger partial charge >= 0.3 is 0 Å². The van der Waals surface area contributed by atoms with Crippen LogP contribution in [0.3, 0.4) is 0 Å². The number of ether oxygens (including phenoxy) is 1. The maximum absolute atomic E-state index is 14.0. The topological polar surface area (TPSA) is 67.6 Å². The lowest BCUT2D eigenvalue weighted by molar-refractivity contribution is 0.0161. The van der Waals surface area contributed by atoms with Crippen molar-refractivity contribution in [3.05, 3.63) is 65.4 Å². The second kappa shape index (κ2) is 8.08. The Morgan fingerprint density at radius 2 is 2.11 bits per heavy atom. The lowest BCUT2D eigenvalue weighted by Gasteiger charge is -2.34. The number of hydrogen-bond donors (Lipinski definition) is 1. The van der Waals surface area contributed by atoms with Gasteiger partial charge in [-0.15, -0.1) is 0 Å². The van der Waals surface area contributed by atoms with Crippen molar-refractivity contribution >= 4 is 16.9 Å². The van der Waals surface area contributed by atoms with E-state index in [1.807, 2.05) is 18.3 Å². The molecule has 7 heteroatoms. The molecular weight excluding hydrogens is 361 g/mol. The summed E-state index contributed by atoms with van der Waals surface area (Å²) in [4.78, 5) is 19.3. The smallest absolute Gasteiger partial charge is 0.287 e. The van der Waals surface area contributed by atoms with Gasteiger partial charge < -0.3 is 14.5 Å². The fraction of sp³-hybridized carbons (Fsp3) is 0.333. The van der Waals surface area contributed by atoms with E-state index in [9.17, 15) is 9.18 Å². The van der Waals surface area contributed by atoms with Crippen LogP contribution in [0.4, 0.5) is 4.39 Å². The highest BCUT2D eigenvalue weighted by Crippen LogP contribution is 2.27. The van der Waals surface area contributed by atoms with Crippen LogP contribution in [0.1, 0.15) is 27.7 Å². The fourth-order valence-electron chi connectivity index (χ4n) is 3.62. The van der Waals surface area contributed by atoms with Crippen molar-refractivity contribution in [3.63, 3.8) is 0 Å². The number of aromatic nitrogens is 1. The molecule has 1 atom stereocenters. The minimum absolute atomic E-state index is 0.0250. The van der Waals surface area contributed by atoms with Gasteiger partial charge in [0.05, 0.1) is 19.3 Å². The first-order valence-electron chi connectivity index (χ1n) is 9.32. The standard InChI is InChI=1S/C21H22FN3O3/c1-14-16-5-2-6-17(22)20(16)28-19(14)21(26)24-13-18(15-4-3-7-23-12-15)25-8-10-27-11-9-25/h2-7,12,18H,8-11,13H2,1H3,(H,24,26)/t18-/m0/s1. The molecule has 3 heterocycles. The molecule has 0 bridgehead atoms. The average molecular weight is 383 g/mol. The van der Waals surface area contributed by atoms with Crippen molar-refractivity contribution in [1.29, 1.82) is 0 Å². The lowest BCUT2D eigenvalue weighted by Crippen LogP contribution is -2.43. The number of fused-ring (bicyclic) bond motifs is 1. The number of aryl methyl sites for hydroxylation is 1. The van der Waals surface area contributed by atoms with Crippen molar-refractivity contribution in [2.75, 3.05) is 32.8 Å². The van der Waals surface area contributed by atoms with Crippen LogP contribution in [0.15, 0.2) is 47.1 Å². The molecule has 3 aromatic rings. The number of carbonyl (C=O) groups excluding carboxylic acids is 1. The fourth-order valence-corrected chi connectivity index (χ4v) is 3.62. The van der Waals surface area contributed by atoms with E-state index in [0.29, 0.717) is 30.7 Å². The van der Waals surface area contributed by atoms with Crippen molar-refractivity contribution in [2.45, 2.75) is 13.0 Å². The Balaban J connectivity index is 1.54. The Hall–Kier alpha value is -2.77. The molecule has 1 aliphatic heterocycles. The minimum atomic E-state index is -0.471. The van der Waals surface area contributed by atoms with Crippen LogP contribution >= 0.6 is 0 Å². The molecule has 2 aromatic heterocycles. The molecule has 146 valence electrons. The summed E-state index contributed by atoms with van der Waals surface area (Å²) in [7, 11) is 0. The second-order valence-corrected chi connectivity index (χ2v) is 6.83. The molecule has 4 rings (SSSR count). The van der Waals surface area contributed by atoms with Crippen LogP contribution in [-0.2, 0) is 4.74 Å². The van der Waals surface area contributed by atoms with Crippen LogP contribution in [0.25, 0.3) is 11.0 Å². The van der Waals surface area contributed by atoms with Crippen LogP contribution in [0.5, 0.6) is 0 Å². The highest BCUT2D eigenvalue weighted by atomic mass is 19.1. The van der Waals surface area contributed by atoms with E-state index >= 15 is 0 Å². The quantitative estimate of drug-likeness (QED) is 0.733. The molecule has 0 saturated carbocycles. The molecule has 28 heavy (non-hydrogen) atoms. The molecule has 1 N–H and O–H groups in total. The maximum atomic E-state index is 14.0. The second-order valence-electron chi connectivity index (χ2n) is 6.83. The Bertz CT molecular complexity index is 968. The van der Waals surface area contributed by atoms with Crippen LogP contribution in [0, 0.1) is 12.7 Å². The number of halogens is 1. The number of pyridine rings is 1. The summed E-state index contributed by atoms with van der Waals surface area (Å²) in [6, 6.07) is 8.55. The number of benzene rings is 1. The Morgan fingerprint density at radius 1 is 1.29 bits per heavy atom. The van der Waals surface area contributed by atoms with Gasteiger partial charge in [-0.1, -0.05) is 18.2 Å². The molecule has 0 radical (unpaired) electrons. The molecule has 1 aliphatic rings. The summed E-state index contributed by atoms with van der Waals surface area (Å²) in [5.74, 6) is -0.677. The van der Waals surface area contributed by atoms with E-state index in [0.717, 1.165) is 18.7 Å². The predicted molar refractivity (Wildman–Crippen MR) is 103 cm³/mol. The van der Waals surface area contributed by atoms with Crippen molar-refractivity contribution in [1.82, 2.24) is 15.2 Å². The molecule has 1 amide bonds. The van der Waals surface area contributed by atoms with E-state index in [-0.39, 0.29) is 23.3 Å². The predicted octanol–water partition coefficient (Wildman–Crippen LogP) is 3.08. The van der Waals surface area contributed by atoms with Gasteiger partial charge in [-0.2, -0.15) is 0 Å². The first kappa shape index (κ1) is 18.6. The number of rotatable bonds is 5. The number of para-hydroxylation sites is 1. The molecular formula is C21H22FN3O3. The van der Waals surface area contributed by atoms with E-state index in [1.165, 1.54) is 6.07 Å². The van der Waals surface area contributed by atoms with Gasteiger partial charge in [0.2, 0.25) is 0 Å². The SMILES string of the molecule is Cc1c(C(=O)NC[C@@H](c2cccnc2)N2CCOCC2)oc2c(F)cccc12.